The van der Waals surface area contributed by atoms with Gasteiger partial charge in [-0.1, -0.05) is 24.3 Å². The minimum atomic E-state index is -0.972. The van der Waals surface area contributed by atoms with E-state index < -0.39 is 5.41 Å². The Hall–Kier alpha value is -2.82. The summed E-state index contributed by atoms with van der Waals surface area (Å²) >= 11 is 0. The molecule has 2 aliphatic rings. The highest BCUT2D eigenvalue weighted by molar-refractivity contribution is 6.18. The summed E-state index contributed by atoms with van der Waals surface area (Å²) in [7, 11) is 1.57. The topological polar surface area (TPSA) is 58.6 Å². The van der Waals surface area contributed by atoms with E-state index in [9.17, 15) is 9.59 Å². The lowest BCUT2D eigenvalue weighted by Crippen LogP contribution is -2.45. The highest BCUT2D eigenvalue weighted by Gasteiger charge is 2.59. The molecule has 0 radical (unpaired) electrons. The van der Waals surface area contributed by atoms with Crippen LogP contribution < -0.4 is 15.0 Å². The molecular formula is C22H24N2O3. The number of carbonyl (C=O) groups excluding carboxylic acids is 2. The second-order valence-corrected chi connectivity index (χ2v) is 7.60. The van der Waals surface area contributed by atoms with Gasteiger partial charge >= 0.3 is 0 Å². The van der Waals surface area contributed by atoms with Gasteiger partial charge in [-0.05, 0) is 62.4 Å². The molecule has 2 amide bonds. The number of nitrogens with zero attached hydrogens (tertiary/aromatic N) is 1. The van der Waals surface area contributed by atoms with Crippen LogP contribution in [0.25, 0.3) is 0 Å². The van der Waals surface area contributed by atoms with E-state index in [1.54, 1.807) is 7.11 Å². The van der Waals surface area contributed by atoms with E-state index in [0.717, 1.165) is 23.2 Å². The number of benzene rings is 2. The molecule has 1 saturated carbocycles. The van der Waals surface area contributed by atoms with Crippen molar-refractivity contribution in [3.05, 3.63) is 53.6 Å². The first-order chi connectivity index (χ1) is 13.0. The molecule has 1 unspecified atom stereocenters. The van der Waals surface area contributed by atoms with Crippen LogP contribution in [-0.4, -0.2) is 25.0 Å². The van der Waals surface area contributed by atoms with E-state index in [4.69, 9.17) is 4.74 Å². The summed E-state index contributed by atoms with van der Waals surface area (Å²) in [6.07, 6.45) is 1.99. The zero-order chi connectivity index (χ0) is 19.2. The van der Waals surface area contributed by atoms with Crippen LogP contribution in [0.1, 0.15) is 30.9 Å². The maximum Gasteiger partial charge on any atom is 0.242 e. The molecule has 0 aromatic heterocycles. The van der Waals surface area contributed by atoms with Crippen LogP contribution >= 0.6 is 0 Å². The third-order valence-electron chi connectivity index (χ3n) is 5.62. The van der Waals surface area contributed by atoms with Gasteiger partial charge in [-0.3, -0.25) is 9.59 Å². The number of hydrogen-bond donors (Lipinski definition) is 1. The minimum Gasteiger partial charge on any atom is -0.495 e. The summed E-state index contributed by atoms with van der Waals surface area (Å²) in [5.41, 5.74) is 2.75. The van der Waals surface area contributed by atoms with Gasteiger partial charge in [-0.15, -0.1) is 0 Å². The van der Waals surface area contributed by atoms with E-state index in [-0.39, 0.29) is 17.9 Å². The third kappa shape index (κ3) is 2.87. The molecule has 1 heterocycles. The molecule has 27 heavy (non-hydrogen) atoms. The van der Waals surface area contributed by atoms with Crippen LogP contribution in [0.15, 0.2) is 42.5 Å². The summed E-state index contributed by atoms with van der Waals surface area (Å²) < 4.78 is 5.35. The Labute approximate surface area is 159 Å². The standard InChI is InChI=1S/C22H24N2O3/c1-14-8-9-19(27-3)17(12-14)23-20(25)22(10-11-22)21(26)24-15(2)13-16-6-4-5-7-18(16)24/h4-9,12,15H,10-11,13H2,1-3H3,(H,23,25). The molecule has 0 saturated heterocycles. The molecule has 0 bridgehead atoms. The highest BCUT2D eigenvalue weighted by Crippen LogP contribution is 2.50. The van der Waals surface area contributed by atoms with Crippen LogP contribution in [0.2, 0.25) is 0 Å². The van der Waals surface area contributed by atoms with E-state index >= 15 is 0 Å². The smallest absolute Gasteiger partial charge is 0.242 e. The van der Waals surface area contributed by atoms with Gasteiger partial charge in [-0.2, -0.15) is 0 Å². The Morgan fingerprint density at radius 1 is 1.19 bits per heavy atom. The van der Waals surface area contributed by atoms with Crippen molar-refractivity contribution in [2.24, 2.45) is 5.41 Å². The number of rotatable bonds is 4. The predicted octanol–water partition coefficient (Wildman–Crippen LogP) is 3.70. The molecule has 1 N–H and O–H groups in total. The maximum atomic E-state index is 13.4. The number of aryl methyl sites for hydroxylation is 1. The van der Waals surface area contributed by atoms with Gasteiger partial charge in [-0.25, -0.2) is 0 Å². The molecule has 1 fully saturated rings. The van der Waals surface area contributed by atoms with Crippen molar-refractivity contribution in [1.82, 2.24) is 0 Å². The second-order valence-electron chi connectivity index (χ2n) is 7.60. The fourth-order valence-corrected chi connectivity index (χ4v) is 3.93. The molecule has 4 rings (SSSR count). The van der Waals surface area contributed by atoms with E-state index in [0.29, 0.717) is 24.3 Å². The van der Waals surface area contributed by atoms with Crippen molar-refractivity contribution in [3.63, 3.8) is 0 Å². The average Bonchev–Trinajstić information content (AvgIpc) is 3.39. The molecular weight excluding hydrogens is 340 g/mol. The van der Waals surface area contributed by atoms with Crippen molar-refractivity contribution in [3.8, 4) is 5.75 Å². The molecule has 0 spiro atoms. The van der Waals surface area contributed by atoms with Gasteiger partial charge in [0.25, 0.3) is 0 Å². The summed E-state index contributed by atoms with van der Waals surface area (Å²) in [6, 6.07) is 13.6. The van der Waals surface area contributed by atoms with E-state index in [1.165, 1.54) is 0 Å². The Bertz CT molecular complexity index is 918. The summed E-state index contributed by atoms with van der Waals surface area (Å²) in [6.45, 7) is 3.99. The maximum absolute atomic E-state index is 13.4. The zero-order valence-electron chi connectivity index (χ0n) is 15.9. The Morgan fingerprint density at radius 2 is 1.93 bits per heavy atom. The number of nitrogens with one attached hydrogen (secondary N) is 1. The average molecular weight is 364 g/mol. The summed E-state index contributed by atoms with van der Waals surface area (Å²) in [5.74, 6) is 0.258. The fraction of sp³-hybridized carbons (Fsp3) is 0.364. The summed E-state index contributed by atoms with van der Waals surface area (Å²) in [4.78, 5) is 28.3. The van der Waals surface area contributed by atoms with Gasteiger partial charge in [0.2, 0.25) is 11.8 Å². The van der Waals surface area contributed by atoms with Gasteiger partial charge < -0.3 is 15.0 Å². The zero-order valence-corrected chi connectivity index (χ0v) is 15.9. The summed E-state index contributed by atoms with van der Waals surface area (Å²) in [5, 5.41) is 2.94. The minimum absolute atomic E-state index is 0.0636. The van der Waals surface area contributed by atoms with Gasteiger partial charge in [0.1, 0.15) is 11.2 Å². The number of para-hydroxylation sites is 1. The molecule has 1 aliphatic heterocycles. The van der Waals surface area contributed by atoms with E-state index in [2.05, 4.69) is 11.4 Å². The van der Waals surface area contributed by atoms with Crippen molar-refractivity contribution in [2.75, 3.05) is 17.3 Å². The molecule has 1 aliphatic carbocycles. The monoisotopic (exact) mass is 364 g/mol. The largest absolute Gasteiger partial charge is 0.495 e. The number of anilines is 2. The molecule has 5 heteroatoms. The lowest BCUT2D eigenvalue weighted by atomic mass is 10.0. The van der Waals surface area contributed by atoms with Crippen LogP contribution in [-0.2, 0) is 16.0 Å². The number of fused-ring (bicyclic) bond motifs is 1. The van der Waals surface area contributed by atoms with Crippen LogP contribution in [0.3, 0.4) is 0 Å². The normalized spacial score (nSPS) is 19.4. The number of methoxy groups -OCH3 is 1. The van der Waals surface area contributed by atoms with Crippen molar-refractivity contribution in [1.29, 1.82) is 0 Å². The third-order valence-corrected chi connectivity index (χ3v) is 5.62. The Kier molecular flexibility index (Phi) is 4.17. The van der Waals surface area contributed by atoms with Crippen LogP contribution in [0.5, 0.6) is 5.75 Å². The first-order valence-electron chi connectivity index (χ1n) is 9.34. The fourth-order valence-electron chi connectivity index (χ4n) is 3.93. The van der Waals surface area contributed by atoms with Crippen LogP contribution in [0.4, 0.5) is 11.4 Å². The number of ether oxygens (including phenoxy) is 1. The molecule has 2 aromatic carbocycles. The lowest BCUT2D eigenvalue weighted by Gasteiger charge is -2.27. The Balaban J connectivity index is 1.60. The second kappa shape index (κ2) is 6.41. The molecule has 5 nitrogen and oxygen atoms in total. The molecule has 1 atom stereocenters. The Morgan fingerprint density at radius 3 is 2.63 bits per heavy atom. The van der Waals surface area contributed by atoms with Crippen LogP contribution in [0, 0.1) is 12.3 Å². The molecule has 140 valence electrons. The number of amides is 2. The first kappa shape index (κ1) is 17.6. The predicted molar refractivity (Wildman–Crippen MR) is 105 cm³/mol. The van der Waals surface area contributed by atoms with Gasteiger partial charge in [0.05, 0.1) is 12.8 Å². The van der Waals surface area contributed by atoms with Crippen molar-refractivity contribution >= 4 is 23.2 Å². The molecule has 2 aromatic rings. The van der Waals surface area contributed by atoms with E-state index in [1.807, 2.05) is 55.1 Å². The van der Waals surface area contributed by atoms with Crippen molar-refractivity contribution < 1.29 is 14.3 Å². The quantitative estimate of drug-likeness (QED) is 0.842. The number of carbonyl (C=O) groups is 2. The number of hydrogen-bond acceptors (Lipinski definition) is 3. The lowest BCUT2D eigenvalue weighted by molar-refractivity contribution is -0.132. The SMILES string of the molecule is COc1ccc(C)cc1NC(=O)C1(C(=O)N2c3ccccc3CC2C)CC1. The van der Waals surface area contributed by atoms with Gasteiger partial charge in [0.15, 0.2) is 0 Å². The highest BCUT2D eigenvalue weighted by atomic mass is 16.5. The first-order valence-corrected chi connectivity index (χ1v) is 9.34. The van der Waals surface area contributed by atoms with Crippen molar-refractivity contribution in [2.45, 2.75) is 39.2 Å². The van der Waals surface area contributed by atoms with Gasteiger partial charge in [0, 0.05) is 11.7 Å².